The van der Waals surface area contributed by atoms with Crippen LogP contribution in [0.4, 0.5) is 0 Å². The van der Waals surface area contributed by atoms with Gasteiger partial charge in [-0.3, -0.25) is 4.79 Å². The summed E-state index contributed by atoms with van der Waals surface area (Å²) < 4.78 is 33.1. The van der Waals surface area contributed by atoms with E-state index in [0.29, 0.717) is 0 Å². The molecule has 0 aromatic heterocycles. The lowest BCUT2D eigenvalue weighted by Gasteiger charge is -2.15. The molecule has 174 valence electrons. The van der Waals surface area contributed by atoms with Crippen molar-refractivity contribution in [3.63, 3.8) is 0 Å². The number of ether oxygens (including phenoxy) is 1. The van der Waals surface area contributed by atoms with Gasteiger partial charge in [-0.15, -0.1) is 0 Å². The monoisotopic (exact) mass is 486 g/mol. The Balaban J connectivity index is 1.48. The van der Waals surface area contributed by atoms with Gasteiger partial charge in [0.05, 0.1) is 9.92 Å². The highest BCUT2D eigenvalue weighted by molar-refractivity contribution is 7.89. The number of aryl methyl sites for hydroxylation is 1. The molecule has 0 spiro atoms. The number of rotatable bonds is 11. The second kappa shape index (κ2) is 11.8. The van der Waals surface area contributed by atoms with E-state index in [1.54, 1.807) is 0 Å². The van der Waals surface area contributed by atoms with Crippen molar-refractivity contribution in [3.8, 4) is 5.75 Å². The van der Waals surface area contributed by atoms with Crippen LogP contribution in [0.3, 0.4) is 0 Å². The van der Waals surface area contributed by atoms with Gasteiger partial charge in [0.1, 0.15) is 5.75 Å². The Morgan fingerprint density at radius 1 is 0.970 bits per heavy atom. The van der Waals surface area contributed by atoms with E-state index in [0.717, 1.165) is 18.4 Å². The zero-order valence-corrected chi connectivity index (χ0v) is 19.9. The Labute approximate surface area is 200 Å². The molecule has 8 heteroatoms. The molecule has 3 rings (SSSR count). The van der Waals surface area contributed by atoms with E-state index in [9.17, 15) is 13.2 Å². The Kier molecular flexibility index (Phi) is 8.88. The molecule has 3 aromatic carbocycles. The van der Waals surface area contributed by atoms with Crippen LogP contribution in [0.15, 0.2) is 83.8 Å². The van der Waals surface area contributed by atoms with Crippen LogP contribution in [0, 0.1) is 0 Å². The summed E-state index contributed by atoms with van der Waals surface area (Å²) in [5.74, 6) is -0.0291. The zero-order valence-electron chi connectivity index (χ0n) is 18.3. The number of benzene rings is 3. The molecule has 0 radical (unpaired) electrons. The SMILES string of the molecule is C[C@H](CCc1ccccc1)NC(=O)COc1ccc(S(=O)(=O)NCc2ccccc2)cc1Cl. The minimum absolute atomic E-state index is 0.0139. The van der Waals surface area contributed by atoms with Crippen molar-refractivity contribution in [2.75, 3.05) is 6.61 Å². The molecule has 6 nitrogen and oxygen atoms in total. The van der Waals surface area contributed by atoms with Gasteiger partial charge in [-0.05, 0) is 49.1 Å². The second-order valence-electron chi connectivity index (χ2n) is 7.68. The summed E-state index contributed by atoms with van der Waals surface area (Å²) in [5, 5.41) is 3.01. The molecule has 0 saturated heterocycles. The smallest absolute Gasteiger partial charge is 0.258 e. The van der Waals surface area contributed by atoms with Gasteiger partial charge in [0.25, 0.3) is 5.91 Å². The van der Waals surface area contributed by atoms with Crippen LogP contribution in [0.25, 0.3) is 0 Å². The first-order valence-electron chi connectivity index (χ1n) is 10.6. The van der Waals surface area contributed by atoms with E-state index in [4.69, 9.17) is 16.3 Å². The topological polar surface area (TPSA) is 84.5 Å². The molecule has 1 amide bonds. The van der Waals surface area contributed by atoms with E-state index >= 15 is 0 Å². The van der Waals surface area contributed by atoms with Gasteiger partial charge < -0.3 is 10.1 Å². The van der Waals surface area contributed by atoms with Crippen molar-refractivity contribution in [1.29, 1.82) is 0 Å². The Morgan fingerprint density at radius 2 is 1.61 bits per heavy atom. The predicted octanol–water partition coefficient (Wildman–Crippen LogP) is 4.33. The lowest BCUT2D eigenvalue weighted by Crippen LogP contribution is -2.36. The van der Waals surface area contributed by atoms with Crippen LogP contribution < -0.4 is 14.8 Å². The normalized spacial score (nSPS) is 12.2. The predicted molar refractivity (Wildman–Crippen MR) is 130 cm³/mol. The Hall–Kier alpha value is -2.87. The molecule has 0 unspecified atom stereocenters. The minimum Gasteiger partial charge on any atom is -0.482 e. The quantitative estimate of drug-likeness (QED) is 0.422. The summed E-state index contributed by atoms with van der Waals surface area (Å²) in [6.45, 7) is 1.89. The van der Waals surface area contributed by atoms with Gasteiger partial charge in [-0.2, -0.15) is 0 Å². The number of carbonyl (C=O) groups excluding carboxylic acids is 1. The third kappa shape index (κ3) is 7.89. The summed E-state index contributed by atoms with van der Waals surface area (Å²) in [6.07, 6.45) is 1.67. The first-order valence-corrected chi connectivity index (χ1v) is 12.5. The fourth-order valence-electron chi connectivity index (χ4n) is 3.18. The largest absolute Gasteiger partial charge is 0.482 e. The van der Waals surface area contributed by atoms with Crippen molar-refractivity contribution in [3.05, 3.63) is 95.0 Å². The first-order chi connectivity index (χ1) is 15.8. The van der Waals surface area contributed by atoms with E-state index < -0.39 is 10.0 Å². The van der Waals surface area contributed by atoms with Crippen molar-refractivity contribution < 1.29 is 17.9 Å². The molecule has 0 heterocycles. The summed E-state index contributed by atoms with van der Waals surface area (Å²) in [5.41, 5.74) is 2.06. The van der Waals surface area contributed by atoms with Gasteiger partial charge in [-0.1, -0.05) is 72.3 Å². The van der Waals surface area contributed by atoms with Crippen molar-refractivity contribution in [1.82, 2.24) is 10.0 Å². The molecule has 0 fully saturated rings. The summed E-state index contributed by atoms with van der Waals surface area (Å²) >= 11 is 6.21. The van der Waals surface area contributed by atoms with Crippen LogP contribution in [-0.2, 0) is 27.8 Å². The highest BCUT2D eigenvalue weighted by Gasteiger charge is 2.17. The van der Waals surface area contributed by atoms with E-state index in [1.165, 1.54) is 23.8 Å². The summed E-state index contributed by atoms with van der Waals surface area (Å²) in [6, 6.07) is 23.4. The number of sulfonamides is 1. The van der Waals surface area contributed by atoms with Gasteiger partial charge in [0.2, 0.25) is 10.0 Å². The van der Waals surface area contributed by atoms with Crippen LogP contribution in [0.2, 0.25) is 5.02 Å². The zero-order chi connectivity index (χ0) is 23.7. The number of carbonyl (C=O) groups is 1. The maximum absolute atomic E-state index is 12.5. The molecule has 33 heavy (non-hydrogen) atoms. The fourth-order valence-corrected chi connectivity index (χ4v) is 4.53. The maximum Gasteiger partial charge on any atom is 0.258 e. The van der Waals surface area contributed by atoms with Gasteiger partial charge >= 0.3 is 0 Å². The molecule has 2 N–H and O–H groups in total. The molecular weight excluding hydrogens is 460 g/mol. The van der Waals surface area contributed by atoms with Crippen molar-refractivity contribution in [2.45, 2.75) is 37.2 Å². The standard InChI is InChI=1S/C25H27ClN2O4S/c1-19(12-13-20-8-4-2-5-9-20)28-25(29)18-32-24-15-14-22(16-23(24)26)33(30,31)27-17-21-10-6-3-7-11-21/h2-11,14-16,19,27H,12-13,17-18H2,1H3,(H,28,29)/t19-/m1/s1. The van der Waals surface area contributed by atoms with Crippen LogP contribution in [0.1, 0.15) is 24.5 Å². The van der Waals surface area contributed by atoms with E-state index in [-0.39, 0.29) is 40.8 Å². The Morgan fingerprint density at radius 3 is 2.24 bits per heavy atom. The highest BCUT2D eigenvalue weighted by atomic mass is 35.5. The van der Waals surface area contributed by atoms with E-state index in [2.05, 4.69) is 22.2 Å². The second-order valence-corrected chi connectivity index (χ2v) is 9.86. The third-order valence-electron chi connectivity index (χ3n) is 5.00. The minimum atomic E-state index is -3.74. The number of hydrogen-bond donors (Lipinski definition) is 2. The van der Waals surface area contributed by atoms with Crippen LogP contribution in [-0.4, -0.2) is 27.0 Å². The summed E-state index contributed by atoms with van der Waals surface area (Å²) in [7, 11) is -3.74. The lowest BCUT2D eigenvalue weighted by atomic mass is 10.1. The fraction of sp³-hybridized carbons (Fsp3) is 0.240. The average molecular weight is 487 g/mol. The molecule has 0 saturated carbocycles. The average Bonchev–Trinajstić information content (AvgIpc) is 2.82. The Bertz CT molecular complexity index is 1160. The number of nitrogens with one attached hydrogen (secondary N) is 2. The molecule has 0 aliphatic rings. The third-order valence-corrected chi connectivity index (χ3v) is 6.69. The molecule has 0 bridgehead atoms. The highest BCUT2D eigenvalue weighted by Crippen LogP contribution is 2.27. The lowest BCUT2D eigenvalue weighted by molar-refractivity contribution is -0.123. The first kappa shape index (κ1) is 24.8. The molecular formula is C25H27ClN2O4S. The number of halogens is 1. The van der Waals surface area contributed by atoms with Crippen LogP contribution in [0.5, 0.6) is 5.75 Å². The number of hydrogen-bond acceptors (Lipinski definition) is 4. The van der Waals surface area contributed by atoms with Crippen LogP contribution >= 0.6 is 11.6 Å². The molecule has 0 aliphatic heterocycles. The number of amides is 1. The molecule has 1 atom stereocenters. The van der Waals surface area contributed by atoms with Gasteiger partial charge in [-0.25, -0.2) is 13.1 Å². The van der Waals surface area contributed by atoms with Crippen molar-refractivity contribution in [2.24, 2.45) is 0 Å². The molecule has 0 aliphatic carbocycles. The van der Waals surface area contributed by atoms with Gasteiger partial charge in [0.15, 0.2) is 6.61 Å². The molecule has 3 aromatic rings. The van der Waals surface area contributed by atoms with Gasteiger partial charge in [0, 0.05) is 12.6 Å². The van der Waals surface area contributed by atoms with E-state index in [1.807, 2.05) is 55.5 Å². The van der Waals surface area contributed by atoms with Crippen molar-refractivity contribution >= 4 is 27.5 Å². The summed E-state index contributed by atoms with van der Waals surface area (Å²) in [4.78, 5) is 12.2. The maximum atomic E-state index is 12.5.